The Labute approximate surface area is 146 Å². The van der Waals surface area contributed by atoms with Gasteiger partial charge in [0.1, 0.15) is 6.04 Å². The summed E-state index contributed by atoms with van der Waals surface area (Å²) < 4.78 is 0. The highest BCUT2D eigenvalue weighted by molar-refractivity contribution is 6.05. The molecule has 2 saturated heterocycles. The maximum absolute atomic E-state index is 12.7. The number of nitrogens with two attached hydrogens (primary N) is 1. The van der Waals surface area contributed by atoms with Crippen LogP contribution in [0.5, 0.6) is 0 Å². The molecule has 3 heterocycles. The highest BCUT2D eigenvalue weighted by Crippen LogP contribution is 2.28. The van der Waals surface area contributed by atoms with Crippen LogP contribution in [0.25, 0.3) is 0 Å². The average Bonchev–Trinajstić information content (AvgIpc) is 3.11. The Bertz CT molecular complexity index is 748. The molecule has 3 aliphatic rings. The van der Waals surface area contributed by atoms with Gasteiger partial charge in [-0.05, 0) is 30.0 Å². The molecule has 0 bridgehead atoms. The molecule has 132 valence electrons. The van der Waals surface area contributed by atoms with Crippen LogP contribution < -0.4 is 11.1 Å². The van der Waals surface area contributed by atoms with Gasteiger partial charge in [0.15, 0.2) is 0 Å². The van der Waals surface area contributed by atoms with Crippen molar-refractivity contribution in [2.24, 2.45) is 5.73 Å². The van der Waals surface area contributed by atoms with Gasteiger partial charge in [-0.15, -0.1) is 0 Å². The number of benzene rings is 1. The second-order valence-corrected chi connectivity index (χ2v) is 7.18. The Morgan fingerprint density at radius 2 is 2.04 bits per heavy atom. The molecular weight excluding hydrogens is 320 g/mol. The van der Waals surface area contributed by atoms with E-state index < -0.39 is 6.04 Å². The van der Waals surface area contributed by atoms with E-state index in [4.69, 9.17) is 5.73 Å². The maximum Gasteiger partial charge on any atom is 0.255 e. The first-order valence-electron chi connectivity index (χ1n) is 8.75. The summed E-state index contributed by atoms with van der Waals surface area (Å²) in [6.07, 6.45) is 1.69. The molecule has 1 aromatic rings. The minimum Gasteiger partial charge on any atom is -0.326 e. The molecule has 1 unspecified atom stereocenters. The zero-order valence-corrected chi connectivity index (χ0v) is 14.0. The first-order valence-corrected chi connectivity index (χ1v) is 8.75. The summed E-state index contributed by atoms with van der Waals surface area (Å²) in [5.41, 5.74) is 8.73. The summed E-state index contributed by atoms with van der Waals surface area (Å²) >= 11 is 0. The lowest BCUT2D eigenvalue weighted by Gasteiger charge is -2.29. The number of nitrogens with one attached hydrogen (secondary N) is 1. The van der Waals surface area contributed by atoms with Crippen molar-refractivity contribution < 1.29 is 14.4 Å². The van der Waals surface area contributed by atoms with Crippen LogP contribution in [0.4, 0.5) is 0 Å². The molecule has 0 spiro atoms. The number of imide groups is 1. The largest absolute Gasteiger partial charge is 0.326 e. The predicted molar refractivity (Wildman–Crippen MR) is 90.4 cm³/mol. The Balaban J connectivity index is 1.49. The number of carbonyl (C=O) groups excluding carboxylic acids is 3. The first-order chi connectivity index (χ1) is 12.0. The number of hydrogen-bond donors (Lipinski definition) is 2. The second kappa shape index (κ2) is 6.24. The van der Waals surface area contributed by atoms with Gasteiger partial charge in [0, 0.05) is 44.2 Å². The monoisotopic (exact) mass is 342 g/mol. The highest BCUT2D eigenvalue weighted by Gasteiger charge is 2.39. The number of amides is 3. The molecule has 2 fully saturated rings. The van der Waals surface area contributed by atoms with Gasteiger partial charge < -0.3 is 10.6 Å². The molecule has 25 heavy (non-hydrogen) atoms. The smallest absolute Gasteiger partial charge is 0.255 e. The summed E-state index contributed by atoms with van der Waals surface area (Å²) in [7, 11) is 0. The van der Waals surface area contributed by atoms with Crippen LogP contribution >= 0.6 is 0 Å². The van der Waals surface area contributed by atoms with E-state index in [9.17, 15) is 14.4 Å². The van der Waals surface area contributed by atoms with Gasteiger partial charge in [0.2, 0.25) is 11.8 Å². The Morgan fingerprint density at radius 3 is 2.76 bits per heavy atom. The molecule has 3 amide bonds. The van der Waals surface area contributed by atoms with Crippen molar-refractivity contribution >= 4 is 17.7 Å². The first kappa shape index (κ1) is 16.2. The summed E-state index contributed by atoms with van der Waals surface area (Å²) in [5.74, 6) is -0.764. The number of rotatable bonds is 3. The minimum atomic E-state index is -0.558. The van der Waals surface area contributed by atoms with Crippen molar-refractivity contribution in [3.63, 3.8) is 0 Å². The van der Waals surface area contributed by atoms with Crippen LogP contribution in [0, 0.1) is 0 Å². The molecular formula is C18H22N4O3. The Hall–Kier alpha value is -2.25. The molecule has 7 nitrogen and oxygen atoms in total. The van der Waals surface area contributed by atoms with Crippen LogP contribution in [0.15, 0.2) is 18.2 Å². The molecule has 3 N–H and O–H groups in total. The van der Waals surface area contributed by atoms with Crippen LogP contribution in [-0.4, -0.2) is 52.7 Å². The topological polar surface area (TPSA) is 95.7 Å². The molecule has 0 aromatic heterocycles. The molecule has 3 aliphatic heterocycles. The lowest BCUT2D eigenvalue weighted by atomic mass is 10.0. The van der Waals surface area contributed by atoms with Crippen molar-refractivity contribution in [3.8, 4) is 0 Å². The zero-order valence-electron chi connectivity index (χ0n) is 14.0. The quantitative estimate of drug-likeness (QED) is 0.753. The van der Waals surface area contributed by atoms with Crippen molar-refractivity contribution in [1.82, 2.24) is 15.1 Å². The molecule has 4 rings (SSSR count). The van der Waals surface area contributed by atoms with Gasteiger partial charge >= 0.3 is 0 Å². The van der Waals surface area contributed by atoms with Crippen LogP contribution in [0.1, 0.15) is 40.7 Å². The van der Waals surface area contributed by atoms with Crippen LogP contribution in [0.3, 0.4) is 0 Å². The van der Waals surface area contributed by atoms with E-state index in [1.165, 1.54) is 0 Å². The predicted octanol–water partition coefficient (Wildman–Crippen LogP) is -0.0194. The number of hydrogen-bond acceptors (Lipinski definition) is 5. The molecule has 0 saturated carbocycles. The molecule has 2 atom stereocenters. The molecule has 0 aliphatic carbocycles. The van der Waals surface area contributed by atoms with Gasteiger partial charge in [0.05, 0.1) is 0 Å². The van der Waals surface area contributed by atoms with Crippen LogP contribution in [0.2, 0.25) is 0 Å². The van der Waals surface area contributed by atoms with Gasteiger partial charge in [-0.1, -0.05) is 12.1 Å². The molecule has 7 heteroatoms. The zero-order chi connectivity index (χ0) is 17.6. The fraction of sp³-hybridized carbons (Fsp3) is 0.500. The number of nitrogens with zero attached hydrogens (tertiary/aromatic N) is 2. The van der Waals surface area contributed by atoms with E-state index in [-0.39, 0.29) is 30.2 Å². The third-order valence-corrected chi connectivity index (χ3v) is 5.30. The maximum atomic E-state index is 12.7. The van der Waals surface area contributed by atoms with Crippen LogP contribution in [-0.2, 0) is 22.7 Å². The lowest BCUT2D eigenvalue weighted by Crippen LogP contribution is -2.52. The Kier molecular flexibility index (Phi) is 4.05. The Morgan fingerprint density at radius 1 is 1.20 bits per heavy atom. The second-order valence-electron chi connectivity index (χ2n) is 7.18. The summed E-state index contributed by atoms with van der Waals surface area (Å²) in [6, 6.07) is 5.59. The number of likely N-dealkylation sites (tertiary alicyclic amines) is 1. The summed E-state index contributed by atoms with van der Waals surface area (Å²) in [5, 5.41) is 2.33. The van der Waals surface area contributed by atoms with Gasteiger partial charge in [-0.25, -0.2) is 0 Å². The minimum absolute atomic E-state index is 0.126. The van der Waals surface area contributed by atoms with E-state index >= 15 is 0 Å². The highest BCUT2D eigenvalue weighted by atomic mass is 16.2. The van der Waals surface area contributed by atoms with E-state index in [2.05, 4.69) is 16.3 Å². The third kappa shape index (κ3) is 3.05. The van der Waals surface area contributed by atoms with Gasteiger partial charge in [0.25, 0.3) is 5.91 Å². The van der Waals surface area contributed by atoms with Gasteiger partial charge in [-0.2, -0.15) is 0 Å². The van der Waals surface area contributed by atoms with Gasteiger partial charge in [-0.3, -0.25) is 24.6 Å². The number of carbonyl (C=O) groups is 3. The van der Waals surface area contributed by atoms with E-state index in [0.717, 1.165) is 37.2 Å². The third-order valence-electron chi connectivity index (χ3n) is 5.30. The van der Waals surface area contributed by atoms with Crippen molar-refractivity contribution in [3.05, 3.63) is 34.9 Å². The summed E-state index contributed by atoms with van der Waals surface area (Å²) in [6.45, 7) is 3.15. The standard InChI is InChI=1S/C18H22N4O3/c19-13-5-6-21(10-13)8-11-1-2-14-12(7-11)9-22(18(14)25)15-3-4-16(23)20-17(15)24/h1-2,7,13,15H,3-6,8-10,19H2,(H,20,23,24)/t13-,15?/m0/s1. The van der Waals surface area contributed by atoms with E-state index in [1.54, 1.807) is 4.90 Å². The number of fused-ring (bicyclic) bond motifs is 1. The molecule has 0 radical (unpaired) electrons. The van der Waals surface area contributed by atoms with E-state index in [0.29, 0.717) is 18.5 Å². The normalized spacial score (nSPS) is 26.9. The van der Waals surface area contributed by atoms with Crippen molar-refractivity contribution in [2.75, 3.05) is 13.1 Å². The fourth-order valence-electron chi connectivity index (χ4n) is 3.99. The molecule has 1 aromatic carbocycles. The number of piperidine rings is 1. The van der Waals surface area contributed by atoms with Crippen molar-refractivity contribution in [2.45, 2.75) is 44.4 Å². The SMILES string of the molecule is N[C@H]1CCN(Cc2ccc3c(c2)CN(C2CCC(=O)NC2=O)C3=O)C1. The average molecular weight is 342 g/mol. The lowest BCUT2D eigenvalue weighted by molar-refractivity contribution is -0.136. The van der Waals surface area contributed by atoms with E-state index in [1.807, 2.05) is 12.1 Å². The van der Waals surface area contributed by atoms with Crippen molar-refractivity contribution in [1.29, 1.82) is 0 Å². The summed E-state index contributed by atoms with van der Waals surface area (Å²) in [4.78, 5) is 40.0. The fourth-order valence-corrected chi connectivity index (χ4v) is 3.99.